The van der Waals surface area contributed by atoms with Crippen LogP contribution >= 0.6 is 0 Å². The van der Waals surface area contributed by atoms with Crippen LogP contribution in [-0.2, 0) is 15.9 Å². The zero-order chi connectivity index (χ0) is 22.5. The summed E-state index contributed by atoms with van der Waals surface area (Å²) in [5.41, 5.74) is 3.24. The SMILES string of the molecule is COCC1CC(O)CC(Oc2nn(C(C)C)c(C)c2Cc2ccc(OC(C)C)cc2)O1. The molecule has 0 radical (unpaired) electrons. The Kier molecular flexibility index (Phi) is 7.97. The normalized spacial score (nSPS) is 21.6. The van der Waals surface area contributed by atoms with Crippen molar-refractivity contribution in [3.05, 3.63) is 41.1 Å². The topological polar surface area (TPSA) is 75.0 Å². The molecule has 2 heterocycles. The molecule has 3 rings (SSSR count). The first-order chi connectivity index (χ1) is 14.8. The van der Waals surface area contributed by atoms with Gasteiger partial charge in [0.1, 0.15) is 5.75 Å². The van der Waals surface area contributed by atoms with E-state index in [1.807, 2.05) is 30.7 Å². The predicted molar refractivity (Wildman–Crippen MR) is 119 cm³/mol. The van der Waals surface area contributed by atoms with E-state index in [1.54, 1.807) is 7.11 Å². The van der Waals surface area contributed by atoms with E-state index in [-0.39, 0.29) is 18.2 Å². The first kappa shape index (κ1) is 23.6. The Balaban J connectivity index is 1.81. The van der Waals surface area contributed by atoms with Gasteiger partial charge in [-0.25, -0.2) is 0 Å². The second kappa shape index (κ2) is 10.5. The highest BCUT2D eigenvalue weighted by molar-refractivity contribution is 5.38. The van der Waals surface area contributed by atoms with E-state index in [2.05, 4.69) is 32.9 Å². The summed E-state index contributed by atoms with van der Waals surface area (Å²) >= 11 is 0. The van der Waals surface area contributed by atoms with Gasteiger partial charge >= 0.3 is 0 Å². The van der Waals surface area contributed by atoms with Gasteiger partial charge in [-0.2, -0.15) is 0 Å². The molecular formula is C24H36N2O5. The van der Waals surface area contributed by atoms with Crippen molar-refractivity contribution in [2.24, 2.45) is 0 Å². The molecule has 1 aromatic carbocycles. The van der Waals surface area contributed by atoms with E-state index in [1.165, 1.54) is 0 Å². The van der Waals surface area contributed by atoms with Crippen LogP contribution in [0.2, 0.25) is 0 Å². The zero-order valence-electron chi connectivity index (χ0n) is 19.5. The van der Waals surface area contributed by atoms with Crippen molar-refractivity contribution in [2.45, 2.75) is 84.5 Å². The fourth-order valence-electron chi connectivity index (χ4n) is 3.93. The molecule has 1 aliphatic rings. The minimum absolute atomic E-state index is 0.144. The highest BCUT2D eigenvalue weighted by Gasteiger charge is 2.31. The number of benzene rings is 1. The fourth-order valence-corrected chi connectivity index (χ4v) is 3.93. The average molecular weight is 433 g/mol. The molecule has 1 aromatic heterocycles. The molecule has 0 aliphatic carbocycles. The molecule has 0 amide bonds. The summed E-state index contributed by atoms with van der Waals surface area (Å²) in [4.78, 5) is 0. The van der Waals surface area contributed by atoms with E-state index in [9.17, 15) is 5.11 Å². The molecule has 3 unspecified atom stereocenters. The number of aliphatic hydroxyl groups is 1. The smallest absolute Gasteiger partial charge is 0.238 e. The third-order valence-electron chi connectivity index (χ3n) is 5.34. The number of hydrogen-bond donors (Lipinski definition) is 1. The molecule has 172 valence electrons. The Hall–Kier alpha value is -2.09. The lowest BCUT2D eigenvalue weighted by Gasteiger charge is -2.32. The second-order valence-electron chi connectivity index (χ2n) is 8.78. The molecule has 1 N–H and O–H groups in total. The van der Waals surface area contributed by atoms with Crippen molar-refractivity contribution >= 4 is 0 Å². The molecular weight excluding hydrogens is 396 g/mol. The van der Waals surface area contributed by atoms with Crippen LogP contribution in [0.4, 0.5) is 0 Å². The van der Waals surface area contributed by atoms with Crippen LogP contribution in [0.1, 0.15) is 63.4 Å². The number of aliphatic hydroxyl groups excluding tert-OH is 1. The Morgan fingerprint density at radius 3 is 2.48 bits per heavy atom. The van der Waals surface area contributed by atoms with E-state index in [0.717, 1.165) is 22.6 Å². The lowest BCUT2D eigenvalue weighted by Crippen LogP contribution is -2.40. The average Bonchev–Trinajstić information content (AvgIpc) is 2.98. The second-order valence-corrected chi connectivity index (χ2v) is 8.78. The van der Waals surface area contributed by atoms with Crippen LogP contribution in [0.3, 0.4) is 0 Å². The molecule has 7 nitrogen and oxygen atoms in total. The van der Waals surface area contributed by atoms with Gasteiger partial charge in [0.2, 0.25) is 12.2 Å². The Morgan fingerprint density at radius 1 is 1.16 bits per heavy atom. The molecule has 2 aromatic rings. The quantitative estimate of drug-likeness (QED) is 0.645. The van der Waals surface area contributed by atoms with Gasteiger partial charge in [-0.15, -0.1) is 5.10 Å². The summed E-state index contributed by atoms with van der Waals surface area (Å²) in [6, 6.07) is 8.34. The first-order valence-corrected chi connectivity index (χ1v) is 11.1. The maximum absolute atomic E-state index is 10.2. The van der Waals surface area contributed by atoms with Gasteiger partial charge in [-0.3, -0.25) is 4.68 Å². The number of hydrogen-bond acceptors (Lipinski definition) is 6. The monoisotopic (exact) mass is 432 g/mol. The highest BCUT2D eigenvalue weighted by atomic mass is 16.7. The van der Waals surface area contributed by atoms with Gasteiger partial charge in [-0.05, 0) is 52.3 Å². The minimum Gasteiger partial charge on any atom is -0.491 e. The third kappa shape index (κ3) is 6.21. The predicted octanol–water partition coefficient (Wildman–Crippen LogP) is 4.04. The van der Waals surface area contributed by atoms with Gasteiger partial charge in [0, 0.05) is 43.7 Å². The maximum atomic E-state index is 10.2. The number of aromatic nitrogens is 2. The molecule has 31 heavy (non-hydrogen) atoms. The van der Waals surface area contributed by atoms with Gasteiger partial charge < -0.3 is 24.1 Å². The Labute approximate surface area is 185 Å². The number of rotatable bonds is 9. The number of methoxy groups -OCH3 is 1. The van der Waals surface area contributed by atoms with E-state index in [0.29, 0.717) is 31.7 Å². The Bertz CT molecular complexity index is 831. The van der Waals surface area contributed by atoms with Crippen molar-refractivity contribution in [3.8, 4) is 11.6 Å². The van der Waals surface area contributed by atoms with Crippen molar-refractivity contribution < 1.29 is 24.1 Å². The first-order valence-electron chi connectivity index (χ1n) is 11.1. The lowest BCUT2D eigenvalue weighted by atomic mass is 10.0. The van der Waals surface area contributed by atoms with Crippen molar-refractivity contribution in [1.82, 2.24) is 9.78 Å². The molecule has 3 atom stereocenters. The summed E-state index contributed by atoms with van der Waals surface area (Å²) in [5, 5.41) is 15.0. The minimum atomic E-state index is -0.556. The molecule has 1 saturated heterocycles. The van der Waals surface area contributed by atoms with E-state index < -0.39 is 12.4 Å². The highest BCUT2D eigenvalue weighted by Crippen LogP contribution is 2.30. The maximum Gasteiger partial charge on any atom is 0.238 e. The van der Waals surface area contributed by atoms with Crippen molar-refractivity contribution in [1.29, 1.82) is 0 Å². The van der Waals surface area contributed by atoms with Crippen LogP contribution in [0.5, 0.6) is 11.6 Å². The van der Waals surface area contributed by atoms with E-state index in [4.69, 9.17) is 24.0 Å². The number of nitrogens with zero attached hydrogens (tertiary/aromatic N) is 2. The van der Waals surface area contributed by atoms with E-state index >= 15 is 0 Å². The summed E-state index contributed by atoms with van der Waals surface area (Å²) in [5.74, 6) is 1.42. The Morgan fingerprint density at radius 2 is 1.87 bits per heavy atom. The molecule has 1 fully saturated rings. The van der Waals surface area contributed by atoms with Crippen LogP contribution in [0, 0.1) is 6.92 Å². The molecule has 0 bridgehead atoms. The van der Waals surface area contributed by atoms with Crippen LogP contribution in [0.15, 0.2) is 24.3 Å². The van der Waals surface area contributed by atoms with Gasteiger partial charge in [-0.1, -0.05) is 12.1 Å². The third-order valence-corrected chi connectivity index (χ3v) is 5.34. The standard InChI is InChI=1S/C24H36N2O5/c1-15(2)26-17(5)22(11-18-7-9-20(10-8-18)29-16(3)4)24(25-26)31-23-13-19(27)12-21(30-23)14-28-6/h7-10,15-16,19,21,23,27H,11-14H2,1-6H3. The van der Waals surface area contributed by atoms with Gasteiger partial charge in [0.25, 0.3) is 0 Å². The van der Waals surface area contributed by atoms with Crippen LogP contribution in [-0.4, -0.2) is 53.2 Å². The summed E-state index contributed by atoms with van der Waals surface area (Å²) in [6.45, 7) is 10.7. The van der Waals surface area contributed by atoms with Gasteiger partial charge in [0.15, 0.2) is 0 Å². The van der Waals surface area contributed by atoms with Gasteiger partial charge in [0.05, 0.1) is 24.9 Å². The summed E-state index contributed by atoms with van der Waals surface area (Å²) in [6.07, 6.45) is 0.559. The van der Waals surface area contributed by atoms with Crippen LogP contribution in [0.25, 0.3) is 0 Å². The molecule has 0 saturated carbocycles. The van der Waals surface area contributed by atoms with Crippen LogP contribution < -0.4 is 9.47 Å². The van der Waals surface area contributed by atoms with Crippen molar-refractivity contribution in [2.75, 3.05) is 13.7 Å². The largest absolute Gasteiger partial charge is 0.491 e. The molecule has 0 spiro atoms. The van der Waals surface area contributed by atoms with Crippen molar-refractivity contribution in [3.63, 3.8) is 0 Å². The summed E-state index contributed by atoms with van der Waals surface area (Å²) in [7, 11) is 1.63. The molecule has 7 heteroatoms. The zero-order valence-corrected chi connectivity index (χ0v) is 19.5. The number of ether oxygens (including phenoxy) is 4. The fraction of sp³-hybridized carbons (Fsp3) is 0.625. The summed E-state index contributed by atoms with van der Waals surface area (Å²) < 4.78 is 25.1. The molecule has 1 aliphatic heterocycles. The lowest BCUT2D eigenvalue weighted by molar-refractivity contribution is -0.188.